The molecule has 1 aliphatic rings. The zero-order chi connectivity index (χ0) is 20.1. The summed E-state index contributed by atoms with van der Waals surface area (Å²) in [5, 5.41) is 16.1. The van der Waals surface area contributed by atoms with Crippen molar-refractivity contribution < 1.29 is 19.4 Å². The van der Waals surface area contributed by atoms with E-state index in [9.17, 15) is 9.59 Å². The maximum absolute atomic E-state index is 11.9. The first-order valence-corrected chi connectivity index (χ1v) is 9.29. The van der Waals surface area contributed by atoms with Gasteiger partial charge in [0.15, 0.2) is 0 Å². The van der Waals surface area contributed by atoms with Crippen LogP contribution in [0.5, 0.6) is 0 Å². The Hall–Kier alpha value is -2.93. The van der Waals surface area contributed by atoms with Gasteiger partial charge >= 0.3 is 5.97 Å². The maximum atomic E-state index is 11.9. The zero-order valence-electron chi connectivity index (χ0n) is 16.1. The fourth-order valence-electron chi connectivity index (χ4n) is 3.66. The SMILES string of the molecule is Cc1nn(Cc2ccccc2)c(C)c1[C@H]1C=C[C@@H](NC(=O)COCC(=O)O)C1. The second kappa shape index (κ2) is 8.84. The lowest BCUT2D eigenvalue weighted by Crippen LogP contribution is -2.35. The van der Waals surface area contributed by atoms with Crippen LogP contribution in [0.3, 0.4) is 0 Å². The number of hydrogen-bond donors (Lipinski definition) is 2. The molecular weight excluding hydrogens is 358 g/mol. The molecule has 0 unspecified atom stereocenters. The molecule has 2 atom stereocenters. The normalized spacial score (nSPS) is 18.4. The minimum absolute atomic E-state index is 0.0952. The monoisotopic (exact) mass is 383 g/mol. The summed E-state index contributed by atoms with van der Waals surface area (Å²) in [6.07, 6.45) is 4.84. The Bertz CT molecular complexity index is 873. The van der Waals surface area contributed by atoms with Crippen LogP contribution in [0.25, 0.3) is 0 Å². The third-order valence-corrected chi connectivity index (χ3v) is 4.87. The standard InChI is InChI=1S/C21H25N3O4/c1-14-21(15(2)24(23-14)11-16-6-4-3-5-7-16)17-8-9-18(10-17)22-19(25)12-28-13-20(26)27/h3-9,17-18H,10-13H2,1-2H3,(H,22,25)(H,26,27)/t17-,18+/m0/s1. The van der Waals surface area contributed by atoms with Gasteiger partial charge in [-0.2, -0.15) is 5.10 Å². The van der Waals surface area contributed by atoms with E-state index in [1.54, 1.807) is 0 Å². The van der Waals surface area contributed by atoms with E-state index in [4.69, 9.17) is 14.9 Å². The van der Waals surface area contributed by atoms with E-state index in [0.717, 1.165) is 24.4 Å². The third-order valence-electron chi connectivity index (χ3n) is 4.87. The van der Waals surface area contributed by atoms with E-state index >= 15 is 0 Å². The lowest BCUT2D eigenvalue weighted by atomic mass is 9.96. The maximum Gasteiger partial charge on any atom is 0.329 e. The van der Waals surface area contributed by atoms with E-state index in [1.807, 2.05) is 35.9 Å². The Kier molecular flexibility index (Phi) is 6.26. The van der Waals surface area contributed by atoms with Crippen molar-refractivity contribution in [3.05, 3.63) is 65.0 Å². The molecule has 0 bridgehead atoms. The number of benzene rings is 1. The second-order valence-corrected chi connectivity index (χ2v) is 7.02. The molecule has 0 saturated heterocycles. The summed E-state index contributed by atoms with van der Waals surface area (Å²) in [4.78, 5) is 22.3. The molecule has 148 valence electrons. The van der Waals surface area contributed by atoms with Crippen molar-refractivity contribution in [3.8, 4) is 0 Å². The van der Waals surface area contributed by atoms with Gasteiger partial charge in [-0.1, -0.05) is 42.5 Å². The highest BCUT2D eigenvalue weighted by molar-refractivity contribution is 5.78. The first kappa shape index (κ1) is 19.8. The van der Waals surface area contributed by atoms with E-state index in [0.29, 0.717) is 0 Å². The number of ether oxygens (including phenoxy) is 1. The first-order valence-electron chi connectivity index (χ1n) is 9.29. The summed E-state index contributed by atoms with van der Waals surface area (Å²) in [5.74, 6) is -1.22. The van der Waals surface area contributed by atoms with E-state index in [1.165, 1.54) is 11.1 Å². The minimum Gasteiger partial charge on any atom is -0.480 e. The molecule has 2 N–H and O–H groups in total. The van der Waals surface area contributed by atoms with Crippen molar-refractivity contribution in [3.63, 3.8) is 0 Å². The highest BCUT2D eigenvalue weighted by Gasteiger charge is 2.26. The highest BCUT2D eigenvalue weighted by atomic mass is 16.5. The summed E-state index contributed by atoms with van der Waals surface area (Å²) in [7, 11) is 0. The van der Waals surface area contributed by atoms with Crippen molar-refractivity contribution in [2.24, 2.45) is 0 Å². The van der Waals surface area contributed by atoms with Crippen LogP contribution in [-0.2, 0) is 20.9 Å². The Morgan fingerprint density at radius 1 is 1.21 bits per heavy atom. The summed E-state index contributed by atoms with van der Waals surface area (Å²) in [6.45, 7) is 4.09. The van der Waals surface area contributed by atoms with Crippen LogP contribution >= 0.6 is 0 Å². The van der Waals surface area contributed by atoms with Gasteiger partial charge in [0.25, 0.3) is 0 Å². The van der Waals surface area contributed by atoms with Crippen LogP contribution in [0.4, 0.5) is 0 Å². The molecule has 0 radical (unpaired) electrons. The summed E-state index contributed by atoms with van der Waals surface area (Å²) in [5.41, 5.74) is 4.53. The van der Waals surface area contributed by atoms with Crippen LogP contribution in [0, 0.1) is 13.8 Å². The zero-order valence-corrected chi connectivity index (χ0v) is 16.1. The second-order valence-electron chi connectivity index (χ2n) is 7.02. The van der Waals surface area contributed by atoms with Crippen LogP contribution in [0.2, 0.25) is 0 Å². The molecule has 0 fully saturated rings. The van der Waals surface area contributed by atoms with Gasteiger partial charge in [0.05, 0.1) is 12.2 Å². The minimum atomic E-state index is -1.09. The molecule has 0 saturated carbocycles. The number of allylic oxidation sites excluding steroid dienone is 1. The van der Waals surface area contributed by atoms with Gasteiger partial charge in [-0.05, 0) is 25.8 Å². The average molecular weight is 383 g/mol. The van der Waals surface area contributed by atoms with Crippen LogP contribution in [0.15, 0.2) is 42.5 Å². The first-order chi connectivity index (χ1) is 13.4. The number of carbonyl (C=O) groups is 2. The molecule has 28 heavy (non-hydrogen) atoms. The Morgan fingerprint density at radius 2 is 1.96 bits per heavy atom. The summed E-state index contributed by atoms with van der Waals surface area (Å²) >= 11 is 0. The third kappa shape index (κ3) is 4.86. The Balaban J connectivity index is 1.60. The number of nitrogens with one attached hydrogen (secondary N) is 1. The number of rotatable bonds is 8. The topological polar surface area (TPSA) is 93.5 Å². The fraction of sp³-hybridized carbons (Fsp3) is 0.381. The van der Waals surface area contributed by atoms with Gasteiger partial charge in [-0.15, -0.1) is 0 Å². The Labute approximate surface area is 164 Å². The molecule has 1 amide bonds. The number of carbonyl (C=O) groups excluding carboxylic acids is 1. The van der Waals surface area contributed by atoms with Crippen molar-refractivity contribution >= 4 is 11.9 Å². The number of hydrogen-bond acceptors (Lipinski definition) is 4. The highest BCUT2D eigenvalue weighted by Crippen LogP contribution is 2.33. The van der Waals surface area contributed by atoms with Gasteiger partial charge < -0.3 is 15.2 Å². The molecule has 1 heterocycles. The molecule has 1 aromatic carbocycles. The quantitative estimate of drug-likeness (QED) is 0.682. The molecule has 7 heteroatoms. The van der Waals surface area contributed by atoms with Crippen LogP contribution in [-0.4, -0.2) is 46.0 Å². The van der Waals surface area contributed by atoms with E-state index < -0.39 is 12.6 Å². The molecule has 7 nitrogen and oxygen atoms in total. The van der Waals surface area contributed by atoms with Crippen molar-refractivity contribution in [2.45, 2.75) is 38.8 Å². The molecular formula is C21H25N3O4. The lowest BCUT2D eigenvalue weighted by Gasteiger charge is -2.15. The van der Waals surface area contributed by atoms with Crippen molar-refractivity contribution in [2.75, 3.05) is 13.2 Å². The predicted octanol–water partition coefficient (Wildman–Crippen LogP) is 2.18. The summed E-state index contributed by atoms with van der Waals surface area (Å²) < 4.78 is 6.86. The Morgan fingerprint density at radius 3 is 2.68 bits per heavy atom. The number of amides is 1. The van der Waals surface area contributed by atoms with E-state index in [-0.39, 0.29) is 24.5 Å². The van der Waals surface area contributed by atoms with Crippen LogP contribution < -0.4 is 5.32 Å². The number of carboxylic acids is 1. The molecule has 1 aromatic heterocycles. The largest absolute Gasteiger partial charge is 0.480 e. The van der Waals surface area contributed by atoms with Crippen molar-refractivity contribution in [1.82, 2.24) is 15.1 Å². The molecule has 0 spiro atoms. The number of aliphatic carboxylic acids is 1. The molecule has 3 rings (SSSR count). The molecule has 2 aromatic rings. The number of aromatic nitrogens is 2. The van der Waals surface area contributed by atoms with Crippen LogP contribution in [0.1, 0.15) is 34.9 Å². The fourth-order valence-corrected chi connectivity index (χ4v) is 3.66. The van der Waals surface area contributed by atoms with Gasteiger partial charge in [-0.3, -0.25) is 9.48 Å². The van der Waals surface area contributed by atoms with Gasteiger partial charge in [-0.25, -0.2) is 4.79 Å². The van der Waals surface area contributed by atoms with E-state index in [2.05, 4.69) is 30.4 Å². The van der Waals surface area contributed by atoms with Crippen molar-refractivity contribution in [1.29, 1.82) is 0 Å². The predicted molar refractivity (Wildman–Crippen MR) is 104 cm³/mol. The molecule has 1 aliphatic carbocycles. The number of carboxylic acid groups (broad SMARTS) is 1. The summed E-state index contributed by atoms with van der Waals surface area (Å²) in [6, 6.07) is 10.1. The van der Waals surface area contributed by atoms with Gasteiger partial charge in [0, 0.05) is 23.2 Å². The average Bonchev–Trinajstić information content (AvgIpc) is 3.19. The van der Waals surface area contributed by atoms with Gasteiger partial charge in [0.1, 0.15) is 13.2 Å². The molecule has 0 aliphatic heterocycles. The number of nitrogens with zero attached hydrogens (tertiary/aromatic N) is 2. The lowest BCUT2D eigenvalue weighted by molar-refractivity contribution is -0.143. The smallest absolute Gasteiger partial charge is 0.329 e. The van der Waals surface area contributed by atoms with Gasteiger partial charge in [0.2, 0.25) is 5.91 Å². The number of aryl methyl sites for hydroxylation is 1.